The first-order valence-electron chi connectivity index (χ1n) is 6.83. The summed E-state index contributed by atoms with van der Waals surface area (Å²) in [5.74, 6) is 0. The van der Waals surface area contributed by atoms with Crippen molar-refractivity contribution >= 4 is 5.69 Å². The number of hydrogen-bond acceptors (Lipinski definition) is 2. The first-order chi connectivity index (χ1) is 8.24. The third kappa shape index (κ3) is 2.63. The number of benzene rings is 1. The van der Waals surface area contributed by atoms with Crippen molar-refractivity contribution in [3.05, 3.63) is 29.8 Å². The van der Waals surface area contributed by atoms with E-state index in [0.717, 1.165) is 6.54 Å². The molecule has 0 fully saturated rings. The van der Waals surface area contributed by atoms with Crippen molar-refractivity contribution < 1.29 is 0 Å². The largest absolute Gasteiger partial charge is 0.369 e. The SMILES string of the molecule is CCNC1CCCN(C(C)C)c2ccccc21. The van der Waals surface area contributed by atoms with Crippen molar-refractivity contribution in [2.75, 3.05) is 18.0 Å². The van der Waals surface area contributed by atoms with Gasteiger partial charge < -0.3 is 10.2 Å². The molecule has 1 heterocycles. The van der Waals surface area contributed by atoms with Crippen molar-refractivity contribution in [3.8, 4) is 0 Å². The van der Waals surface area contributed by atoms with Gasteiger partial charge in [0.1, 0.15) is 0 Å². The number of hydrogen-bond donors (Lipinski definition) is 1. The first-order valence-corrected chi connectivity index (χ1v) is 6.83. The van der Waals surface area contributed by atoms with Gasteiger partial charge in [0.15, 0.2) is 0 Å². The van der Waals surface area contributed by atoms with Crippen LogP contribution in [0.2, 0.25) is 0 Å². The molecule has 2 rings (SSSR count). The van der Waals surface area contributed by atoms with Gasteiger partial charge in [-0.15, -0.1) is 0 Å². The first kappa shape index (κ1) is 12.4. The van der Waals surface area contributed by atoms with Crippen LogP contribution in [0.3, 0.4) is 0 Å². The second kappa shape index (κ2) is 5.54. The van der Waals surface area contributed by atoms with Gasteiger partial charge in [-0.05, 0) is 44.9 Å². The van der Waals surface area contributed by atoms with Gasteiger partial charge in [0.25, 0.3) is 0 Å². The molecule has 0 saturated heterocycles. The van der Waals surface area contributed by atoms with Crippen LogP contribution in [0.4, 0.5) is 5.69 Å². The third-order valence-electron chi connectivity index (χ3n) is 3.59. The van der Waals surface area contributed by atoms with E-state index >= 15 is 0 Å². The minimum absolute atomic E-state index is 0.528. The Hall–Kier alpha value is -1.02. The lowest BCUT2D eigenvalue weighted by Crippen LogP contribution is -2.31. The average molecular weight is 232 g/mol. The van der Waals surface area contributed by atoms with Gasteiger partial charge in [-0.25, -0.2) is 0 Å². The fraction of sp³-hybridized carbons (Fsp3) is 0.600. The molecule has 94 valence electrons. The van der Waals surface area contributed by atoms with Crippen molar-refractivity contribution in [2.24, 2.45) is 0 Å². The Labute approximate surface area is 105 Å². The van der Waals surface area contributed by atoms with E-state index in [1.807, 2.05) is 0 Å². The van der Waals surface area contributed by atoms with Crippen LogP contribution in [0, 0.1) is 0 Å². The van der Waals surface area contributed by atoms with Crippen LogP contribution in [0.5, 0.6) is 0 Å². The van der Waals surface area contributed by atoms with Gasteiger partial charge in [0.05, 0.1) is 0 Å². The van der Waals surface area contributed by atoms with E-state index in [1.165, 1.54) is 30.6 Å². The van der Waals surface area contributed by atoms with Gasteiger partial charge in [-0.2, -0.15) is 0 Å². The summed E-state index contributed by atoms with van der Waals surface area (Å²) in [4.78, 5) is 2.53. The van der Waals surface area contributed by atoms with Crippen LogP contribution in [0.1, 0.15) is 45.2 Å². The van der Waals surface area contributed by atoms with E-state index in [0.29, 0.717) is 12.1 Å². The maximum atomic E-state index is 3.61. The Morgan fingerprint density at radius 1 is 1.35 bits per heavy atom. The molecule has 1 aromatic carbocycles. The smallest absolute Gasteiger partial charge is 0.0417 e. The molecule has 0 amide bonds. The topological polar surface area (TPSA) is 15.3 Å². The maximum Gasteiger partial charge on any atom is 0.0417 e. The van der Waals surface area contributed by atoms with Gasteiger partial charge in [0, 0.05) is 24.3 Å². The molecule has 2 nitrogen and oxygen atoms in total. The average Bonchev–Trinajstić information content (AvgIpc) is 2.50. The van der Waals surface area contributed by atoms with Crippen LogP contribution in [-0.2, 0) is 0 Å². The Morgan fingerprint density at radius 3 is 2.82 bits per heavy atom. The summed E-state index contributed by atoms with van der Waals surface area (Å²) in [5.41, 5.74) is 2.89. The zero-order chi connectivity index (χ0) is 12.3. The Bertz CT molecular complexity index is 360. The predicted octanol–water partition coefficient (Wildman–Crippen LogP) is 3.35. The highest BCUT2D eigenvalue weighted by molar-refractivity contribution is 5.56. The van der Waals surface area contributed by atoms with Crippen molar-refractivity contribution in [3.63, 3.8) is 0 Å². The Kier molecular flexibility index (Phi) is 4.06. The number of anilines is 1. The summed E-state index contributed by atoms with van der Waals surface area (Å²) in [5, 5.41) is 3.61. The van der Waals surface area contributed by atoms with Crippen molar-refractivity contribution in [1.29, 1.82) is 0 Å². The van der Waals surface area contributed by atoms with Crippen LogP contribution in [0.15, 0.2) is 24.3 Å². The Balaban J connectivity index is 2.36. The number of para-hydroxylation sites is 1. The standard InChI is InChI=1S/C15H24N2/c1-4-16-14-9-7-11-17(12(2)3)15-10-6-5-8-13(14)15/h5-6,8,10,12,14,16H,4,7,9,11H2,1-3H3. The molecule has 0 bridgehead atoms. The molecule has 0 aromatic heterocycles. The summed E-state index contributed by atoms with van der Waals surface area (Å²) in [6.07, 6.45) is 2.51. The highest BCUT2D eigenvalue weighted by Crippen LogP contribution is 2.33. The minimum atomic E-state index is 0.528. The van der Waals surface area contributed by atoms with Gasteiger partial charge >= 0.3 is 0 Å². The molecule has 1 N–H and O–H groups in total. The molecule has 1 aliphatic heterocycles. The molecule has 0 spiro atoms. The number of nitrogens with zero attached hydrogens (tertiary/aromatic N) is 1. The molecule has 0 aliphatic carbocycles. The normalized spacial score (nSPS) is 20.2. The van der Waals surface area contributed by atoms with Crippen LogP contribution in [-0.4, -0.2) is 19.1 Å². The third-order valence-corrected chi connectivity index (χ3v) is 3.59. The lowest BCUT2D eigenvalue weighted by Gasteiger charge is -2.29. The second-order valence-corrected chi connectivity index (χ2v) is 5.10. The molecule has 0 radical (unpaired) electrons. The van der Waals surface area contributed by atoms with Crippen molar-refractivity contribution in [2.45, 2.75) is 45.7 Å². The highest BCUT2D eigenvalue weighted by Gasteiger charge is 2.22. The summed E-state index contributed by atoms with van der Waals surface area (Å²) >= 11 is 0. The summed E-state index contributed by atoms with van der Waals surface area (Å²) in [6.45, 7) is 8.97. The van der Waals surface area contributed by atoms with Crippen LogP contribution in [0.25, 0.3) is 0 Å². The van der Waals surface area contributed by atoms with E-state index in [9.17, 15) is 0 Å². The fourth-order valence-corrected chi connectivity index (χ4v) is 2.78. The van der Waals surface area contributed by atoms with E-state index in [2.05, 4.69) is 55.3 Å². The van der Waals surface area contributed by atoms with Gasteiger partial charge in [-0.1, -0.05) is 25.1 Å². The van der Waals surface area contributed by atoms with E-state index < -0.39 is 0 Å². The van der Waals surface area contributed by atoms with E-state index in [4.69, 9.17) is 0 Å². The lowest BCUT2D eigenvalue weighted by molar-refractivity contribution is 0.508. The van der Waals surface area contributed by atoms with Crippen LogP contribution >= 0.6 is 0 Å². The zero-order valence-corrected chi connectivity index (χ0v) is 11.2. The second-order valence-electron chi connectivity index (χ2n) is 5.10. The molecule has 17 heavy (non-hydrogen) atoms. The zero-order valence-electron chi connectivity index (χ0n) is 11.2. The highest BCUT2D eigenvalue weighted by atomic mass is 15.2. The summed E-state index contributed by atoms with van der Waals surface area (Å²) in [6, 6.07) is 9.97. The van der Waals surface area contributed by atoms with E-state index in [-0.39, 0.29) is 0 Å². The molecular formula is C15H24N2. The molecule has 0 saturated carbocycles. The number of nitrogens with one attached hydrogen (secondary N) is 1. The molecule has 1 unspecified atom stereocenters. The summed E-state index contributed by atoms with van der Waals surface area (Å²) < 4.78 is 0. The molecule has 2 heteroatoms. The molecule has 1 aromatic rings. The molecular weight excluding hydrogens is 208 g/mol. The molecule has 1 aliphatic rings. The fourth-order valence-electron chi connectivity index (χ4n) is 2.78. The number of fused-ring (bicyclic) bond motifs is 1. The van der Waals surface area contributed by atoms with E-state index in [1.54, 1.807) is 0 Å². The summed E-state index contributed by atoms with van der Waals surface area (Å²) in [7, 11) is 0. The van der Waals surface area contributed by atoms with Gasteiger partial charge in [-0.3, -0.25) is 0 Å². The monoisotopic (exact) mass is 232 g/mol. The van der Waals surface area contributed by atoms with Crippen molar-refractivity contribution in [1.82, 2.24) is 5.32 Å². The van der Waals surface area contributed by atoms with Gasteiger partial charge in [0.2, 0.25) is 0 Å². The minimum Gasteiger partial charge on any atom is -0.369 e. The predicted molar refractivity (Wildman–Crippen MR) is 74.6 cm³/mol. The lowest BCUT2D eigenvalue weighted by atomic mass is 10.0. The molecule has 1 atom stereocenters. The van der Waals surface area contributed by atoms with Crippen LogP contribution < -0.4 is 10.2 Å². The quantitative estimate of drug-likeness (QED) is 0.860. The Morgan fingerprint density at radius 2 is 2.12 bits per heavy atom. The number of rotatable bonds is 3. The maximum absolute atomic E-state index is 3.61.